The molecule has 5 amide bonds. The van der Waals surface area contributed by atoms with E-state index in [0.717, 1.165) is 32.9 Å². The Morgan fingerprint density at radius 1 is 0.600 bits per heavy atom. The van der Waals surface area contributed by atoms with E-state index < -0.39 is 42.0 Å². The van der Waals surface area contributed by atoms with E-state index in [0.29, 0.717) is 25.7 Å². The van der Waals surface area contributed by atoms with Crippen LogP contribution >= 0.6 is 0 Å². The number of unbranched alkanes of at least 4 members (excludes halogenated alkanes) is 1. The van der Waals surface area contributed by atoms with Crippen LogP contribution in [-0.2, 0) is 36.8 Å². The van der Waals surface area contributed by atoms with E-state index in [2.05, 4.69) is 72.8 Å². The lowest BCUT2D eigenvalue weighted by molar-refractivity contribution is -0.133. The van der Waals surface area contributed by atoms with Crippen molar-refractivity contribution in [1.29, 1.82) is 0 Å². The zero-order valence-electron chi connectivity index (χ0n) is 37.3. The molecule has 2 aromatic carbocycles. The number of hydrogen-bond acceptors (Lipinski definition) is 7. The van der Waals surface area contributed by atoms with Crippen molar-refractivity contribution in [2.45, 2.75) is 117 Å². The molecule has 0 radical (unpaired) electrons. The molecule has 0 aliphatic heterocycles. The monoisotopic (exact) mass is 828 g/mol. The number of benzene rings is 2. The van der Waals surface area contributed by atoms with Crippen LogP contribution in [0.15, 0.2) is 60.9 Å². The molecule has 2 heterocycles. The Morgan fingerprint density at radius 2 is 1.02 bits per heavy atom. The van der Waals surface area contributed by atoms with Crippen molar-refractivity contribution in [2.24, 2.45) is 16.6 Å². The molecule has 0 aliphatic carbocycles. The zero-order valence-corrected chi connectivity index (χ0v) is 37.3. The van der Waals surface area contributed by atoms with Gasteiger partial charge < -0.3 is 37.0 Å². The minimum Gasteiger partial charge on any atom is -0.368 e. The first kappa shape index (κ1) is 47.5. The Hall–Kier alpha value is -5.21. The lowest BCUT2D eigenvalue weighted by atomic mass is 9.87. The predicted molar refractivity (Wildman–Crippen MR) is 239 cm³/mol. The normalized spacial score (nSPS) is 14.7. The number of primary amides is 1. The molecule has 4 aromatic rings. The lowest BCUT2D eigenvalue weighted by Gasteiger charge is -2.31. The highest BCUT2D eigenvalue weighted by Crippen LogP contribution is 2.25. The van der Waals surface area contributed by atoms with Crippen LogP contribution in [0.5, 0.6) is 0 Å². The fourth-order valence-electron chi connectivity index (χ4n) is 7.54. The van der Waals surface area contributed by atoms with Gasteiger partial charge in [0.05, 0.1) is 12.1 Å². The summed E-state index contributed by atoms with van der Waals surface area (Å²) in [5, 5.41) is 13.8. The average Bonchev–Trinajstić information content (AvgIpc) is 3.77. The molecule has 0 unspecified atom stereocenters. The Morgan fingerprint density at radius 3 is 1.43 bits per heavy atom. The van der Waals surface area contributed by atoms with Crippen molar-refractivity contribution < 1.29 is 24.0 Å². The van der Waals surface area contributed by atoms with Crippen LogP contribution in [0, 0.1) is 10.8 Å². The second kappa shape index (κ2) is 20.9. The van der Waals surface area contributed by atoms with Crippen LogP contribution < -0.4 is 27.0 Å². The quantitative estimate of drug-likeness (QED) is 0.0605. The second-order valence-corrected chi connectivity index (χ2v) is 19.0. The van der Waals surface area contributed by atoms with E-state index in [1.807, 2.05) is 98.9 Å². The van der Waals surface area contributed by atoms with Crippen LogP contribution in [-0.4, -0.2) is 114 Å². The van der Waals surface area contributed by atoms with Gasteiger partial charge in [0.15, 0.2) is 0 Å². The minimum atomic E-state index is -1.01. The van der Waals surface area contributed by atoms with Gasteiger partial charge in [-0.25, -0.2) is 0 Å². The van der Waals surface area contributed by atoms with Crippen LogP contribution in [0.4, 0.5) is 0 Å². The molecule has 0 fully saturated rings. The maximum absolute atomic E-state index is 14.0. The van der Waals surface area contributed by atoms with Crippen molar-refractivity contribution in [3.05, 3.63) is 72.1 Å². The molecule has 0 saturated heterocycles. The smallest absolute Gasteiger partial charge is 0.243 e. The maximum atomic E-state index is 14.0. The Bertz CT molecular complexity index is 2070. The predicted octanol–water partition coefficient (Wildman–Crippen LogP) is 4.39. The van der Waals surface area contributed by atoms with E-state index >= 15 is 0 Å². The van der Waals surface area contributed by atoms with Gasteiger partial charge in [0.1, 0.15) is 18.1 Å². The molecule has 0 saturated carbocycles. The fourth-order valence-corrected chi connectivity index (χ4v) is 7.54. The molecule has 8 N–H and O–H groups in total. The minimum absolute atomic E-state index is 0.115. The van der Waals surface area contributed by atoms with Gasteiger partial charge in [-0.1, -0.05) is 77.9 Å². The number of nitrogens with one attached hydrogen (secondary N) is 6. The van der Waals surface area contributed by atoms with E-state index in [4.69, 9.17) is 5.73 Å². The summed E-state index contributed by atoms with van der Waals surface area (Å²) < 4.78 is 0. The summed E-state index contributed by atoms with van der Waals surface area (Å²) >= 11 is 0. The highest BCUT2D eigenvalue weighted by Gasteiger charge is 2.33. The number of para-hydroxylation sites is 2. The SMILES string of the molecule is CN(C)[C@@H](CC(C)(C)C)C(=O)N[C@@H](Cc1c[nH]c2ccccc12)C(=O)NCCCC[C@H](NC(=O)[C@H](Cc1c[nH]c2ccccc12)NC(=O)[C@H](CC(C)(C)C)N(C)C)C(N)=O. The van der Waals surface area contributed by atoms with Crippen LogP contribution in [0.1, 0.15) is 84.8 Å². The molecule has 0 spiro atoms. The molecular weight excluding hydrogens is 759 g/mol. The number of aromatic amines is 2. The summed E-state index contributed by atoms with van der Waals surface area (Å²) in [6, 6.07) is 11.8. The number of aromatic nitrogens is 2. The van der Waals surface area contributed by atoms with Gasteiger partial charge >= 0.3 is 0 Å². The lowest BCUT2D eigenvalue weighted by Crippen LogP contribution is -2.56. The third-order valence-electron chi connectivity index (χ3n) is 10.8. The summed E-state index contributed by atoms with van der Waals surface area (Å²) in [7, 11) is 7.40. The maximum Gasteiger partial charge on any atom is 0.243 e. The summed E-state index contributed by atoms with van der Waals surface area (Å²) in [4.78, 5) is 78.2. The third-order valence-corrected chi connectivity index (χ3v) is 10.8. The first-order valence-electron chi connectivity index (χ1n) is 21.0. The van der Waals surface area contributed by atoms with Gasteiger partial charge in [-0.3, -0.25) is 33.8 Å². The highest BCUT2D eigenvalue weighted by molar-refractivity contribution is 5.94. The van der Waals surface area contributed by atoms with E-state index in [1.54, 1.807) is 0 Å². The van der Waals surface area contributed by atoms with Crippen molar-refractivity contribution in [3.63, 3.8) is 0 Å². The summed E-state index contributed by atoms with van der Waals surface area (Å²) in [5.41, 5.74) is 9.17. The molecule has 4 rings (SSSR count). The molecule has 2 aromatic heterocycles. The molecule has 14 heteroatoms. The Balaban J connectivity index is 1.42. The van der Waals surface area contributed by atoms with Crippen molar-refractivity contribution >= 4 is 51.3 Å². The van der Waals surface area contributed by atoms with Gasteiger partial charge in [-0.05, 0) is 94.4 Å². The molecule has 14 nitrogen and oxygen atoms in total. The standard InChI is InChI=1S/C46H69N9O5/c1-45(2,3)25-38(54(7)8)43(59)52-36(23-29-27-49-33-19-13-11-17-31(29)33)41(57)48-22-16-15-21-35(40(47)56)51-42(58)37(24-30-28-50-34-20-14-12-18-32(30)34)53-44(60)39(55(9)10)26-46(4,5)6/h11-14,17-20,27-28,35-39,49-50H,15-16,21-26H2,1-10H3,(H2,47,56)(H,48,57)(H,51,58)(H,52,59)(H,53,60)/t35-,36-,37-,38-,39-/m0/s1. The van der Waals surface area contributed by atoms with Crippen LogP contribution in [0.25, 0.3) is 21.8 Å². The van der Waals surface area contributed by atoms with Gasteiger partial charge in [-0.2, -0.15) is 0 Å². The molecule has 60 heavy (non-hydrogen) atoms. The molecule has 0 aliphatic rings. The van der Waals surface area contributed by atoms with Crippen LogP contribution in [0.3, 0.4) is 0 Å². The molecule has 328 valence electrons. The van der Waals surface area contributed by atoms with Gasteiger partial charge in [0.25, 0.3) is 0 Å². The van der Waals surface area contributed by atoms with Crippen molar-refractivity contribution in [1.82, 2.24) is 41.0 Å². The summed E-state index contributed by atoms with van der Waals surface area (Å²) in [5.74, 6) is -2.04. The number of H-pyrrole nitrogens is 2. The first-order valence-corrected chi connectivity index (χ1v) is 21.0. The van der Waals surface area contributed by atoms with Crippen molar-refractivity contribution in [3.8, 4) is 0 Å². The number of carbonyl (C=O) groups excluding carboxylic acids is 5. The zero-order chi connectivity index (χ0) is 44.4. The number of likely N-dealkylation sites (N-methyl/N-ethyl adjacent to an activating group) is 2. The second-order valence-electron chi connectivity index (χ2n) is 19.0. The number of hydrogen-bond donors (Lipinski definition) is 7. The Kier molecular flexibility index (Phi) is 16.5. The van der Waals surface area contributed by atoms with E-state index in [9.17, 15) is 24.0 Å². The molecular formula is C46H69N9O5. The number of nitrogens with two attached hydrogens (primary N) is 1. The number of rotatable bonds is 21. The largest absolute Gasteiger partial charge is 0.368 e. The number of carbonyl (C=O) groups is 5. The van der Waals surface area contributed by atoms with Gasteiger partial charge in [-0.15, -0.1) is 0 Å². The van der Waals surface area contributed by atoms with Gasteiger partial charge in [0.2, 0.25) is 29.5 Å². The summed E-state index contributed by atoms with van der Waals surface area (Å²) in [6.07, 6.45) is 6.51. The number of nitrogens with zero attached hydrogens (tertiary/aromatic N) is 2. The highest BCUT2D eigenvalue weighted by atomic mass is 16.2. The molecule has 5 atom stereocenters. The summed E-state index contributed by atoms with van der Waals surface area (Å²) in [6.45, 7) is 12.7. The van der Waals surface area contributed by atoms with Gasteiger partial charge in [0, 0.05) is 53.6 Å². The topological polar surface area (TPSA) is 198 Å². The van der Waals surface area contributed by atoms with Crippen molar-refractivity contribution in [2.75, 3.05) is 34.7 Å². The molecule has 0 bridgehead atoms. The van der Waals surface area contributed by atoms with E-state index in [-0.39, 0.29) is 54.4 Å². The van der Waals surface area contributed by atoms with Crippen LogP contribution in [0.2, 0.25) is 0 Å². The number of fused-ring (bicyclic) bond motifs is 2. The average molecular weight is 828 g/mol. The first-order chi connectivity index (χ1) is 28.1. The number of amides is 5. The third kappa shape index (κ3) is 13.9. The van der Waals surface area contributed by atoms with E-state index in [1.165, 1.54) is 0 Å². The fraction of sp³-hybridized carbons (Fsp3) is 0.543. The Labute approximate surface area is 355 Å².